The molecule has 8 rings (SSSR count). The van der Waals surface area contributed by atoms with Gasteiger partial charge in [0.05, 0.1) is 51.0 Å². The van der Waals surface area contributed by atoms with Gasteiger partial charge in [0.2, 0.25) is 29.2 Å². The number of likely N-dealkylation sites (N-methyl/N-ethyl adjacent to an activating group) is 1. The first-order valence-electron chi connectivity index (χ1n) is 32.0. The first-order chi connectivity index (χ1) is 43.4. The van der Waals surface area contributed by atoms with Gasteiger partial charge in [0.1, 0.15) is 18.2 Å². The van der Waals surface area contributed by atoms with Gasteiger partial charge in [-0.2, -0.15) is 13.2 Å². The van der Waals surface area contributed by atoms with Gasteiger partial charge in [-0.25, -0.2) is 4.98 Å². The van der Waals surface area contributed by atoms with E-state index >= 15 is 0 Å². The Balaban J connectivity index is 0.708. The number of alkyl halides is 3. The van der Waals surface area contributed by atoms with Crippen LogP contribution in [0, 0.1) is 18.3 Å². The predicted octanol–water partition coefficient (Wildman–Crippen LogP) is 9.26. The number of carbonyl (C=O) groups excluding carboxylic acids is 6. The van der Waals surface area contributed by atoms with Gasteiger partial charge in [-0.15, -0.1) is 11.3 Å². The first-order valence-corrected chi connectivity index (χ1v) is 32.8. The average Bonchev–Trinajstić information content (AvgIpc) is 1.83. The molecule has 0 aliphatic carbocycles. The second-order valence-electron chi connectivity index (χ2n) is 25.7. The average molecular weight is 1280 g/mol. The van der Waals surface area contributed by atoms with Gasteiger partial charge in [0, 0.05) is 110 Å². The van der Waals surface area contributed by atoms with E-state index in [9.17, 15) is 46.7 Å². The molecule has 5 N–H and O–H groups in total. The van der Waals surface area contributed by atoms with Gasteiger partial charge in [0.25, 0.3) is 5.91 Å². The Hall–Kier alpha value is -7.47. The minimum Gasteiger partial charge on any atom is -0.460 e. The van der Waals surface area contributed by atoms with Crippen LogP contribution in [-0.2, 0) is 48.0 Å². The lowest BCUT2D eigenvalue weighted by atomic mass is 9.85. The van der Waals surface area contributed by atoms with Crippen molar-refractivity contribution >= 4 is 58.2 Å². The molecule has 0 saturated carbocycles. The second kappa shape index (κ2) is 32.2. The lowest BCUT2D eigenvalue weighted by Crippen LogP contribution is -2.57. The van der Waals surface area contributed by atoms with Crippen LogP contribution in [0.3, 0.4) is 0 Å². The number of unbranched alkanes of at least 4 members (excludes halogenated alkanes) is 6. The molecule has 0 spiro atoms. The van der Waals surface area contributed by atoms with Crippen molar-refractivity contribution in [2.75, 3.05) is 89.3 Å². The van der Waals surface area contributed by atoms with Crippen LogP contribution in [0.5, 0.6) is 0 Å². The molecular weight excluding hydrogens is 1190 g/mol. The van der Waals surface area contributed by atoms with Crippen LogP contribution in [0.2, 0.25) is 0 Å². The molecule has 3 fully saturated rings. The monoisotopic (exact) mass is 1280 g/mol. The number of aromatic nitrogens is 2. The zero-order valence-corrected chi connectivity index (χ0v) is 54.5. The van der Waals surface area contributed by atoms with E-state index in [1.807, 2.05) is 88.8 Å². The maximum absolute atomic E-state index is 14.5. The second-order valence-corrected chi connectivity index (χ2v) is 26.6. The molecule has 23 heteroatoms. The molecule has 3 aromatic carbocycles. The number of piperazine rings is 2. The third-order valence-corrected chi connectivity index (χ3v) is 18.2. The molecule has 3 atom stereocenters. The van der Waals surface area contributed by atoms with Crippen LogP contribution in [-0.4, -0.2) is 162 Å². The molecule has 0 radical (unpaired) electrons. The fraction of sp³-hybridized carbons (Fsp3) is 0.529. The van der Waals surface area contributed by atoms with E-state index in [4.69, 9.17) is 4.74 Å². The summed E-state index contributed by atoms with van der Waals surface area (Å²) in [4.78, 5) is 111. The molecule has 5 heterocycles. The zero-order valence-electron chi connectivity index (χ0n) is 53.6. The van der Waals surface area contributed by atoms with E-state index in [2.05, 4.69) is 63.0 Å². The van der Waals surface area contributed by atoms with E-state index in [1.54, 1.807) is 31.3 Å². The standard InChI is InChI=1S/C68H90F3N11O8S/c1-45(2)66(89)90-52-38-57(64(87)74-40-47-20-22-49(23-21-47)61-46(3)75-44-91-61)82(43-52)65(88)62(67(4,5)6)77-59(84)19-14-12-10-8-9-11-13-18-58(83)72-26-27-79-30-32-80(33-31-79)42-48-16-15-17-50(36-48)51-24-25-56(81-34-28-78(7)29-35-81)55(37-51)76-63(86)53-41-73-60(85)39-54(53)68(69,70)71/h15-17,20-25,36-37,39,41,44-45,52,57,62H,8-14,18-19,26-35,38,40,42-43H2,1-7H3,(H,72,83)(H,73,85)(H,74,87)(H,76,86)(H,77,84)/t52-,57+,62-/m1/s1. The lowest BCUT2D eigenvalue weighted by molar-refractivity contribution is -0.153. The molecule has 3 aliphatic rings. The number of esters is 1. The summed E-state index contributed by atoms with van der Waals surface area (Å²) in [5.41, 5.74) is 4.91. The Labute approximate surface area is 536 Å². The molecule has 0 bridgehead atoms. The van der Waals surface area contributed by atoms with Crippen molar-refractivity contribution in [1.29, 1.82) is 0 Å². The quantitative estimate of drug-likeness (QED) is 0.0245. The normalized spacial score (nSPS) is 17.2. The Kier molecular flexibility index (Phi) is 24.6. The number of hydrogen-bond acceptors (Lipinski definition) is 14. The first kappa shape index (κ1) is 69.4. The summed E-state index contributed by atoms with van der Waals surface area (Å²) in [5, 5.41) is 11.8. The number of likely N-dealkylation sites (tertiary alicyclic amines) is 1. The van der Waals surface area contributed by atoms with Gasteiger partial charge in [-0.1, -0.05) is 115 Å². The van der Waals surface area contributed by atoms with Crippen molar-refractivity contribution in [2.45, 2.75) is 143 Å². The number of amides is 5. The number of halogens is 3. The number of thiazole rings is 1. The molecule has 5 amide bonds. The van der Waals surface area contributed by atoms with Crippen molar-refractivity contribution in [1.82, 2.24) is 45.5 Å². The van der Waals surface area contributed by atoms with E-state index in [0.29, 0.717) is 56.5 Å². The van der Waals surface area contributed by atoms with Gasteiger partial charge in [-0.3, -0.25) is 43.4 Å². The van der Waals surface area contributed by atoms with Crippen LogP contribution in [0.4, 0.5) is 24.5 Å². The number of rotatable bonds is 27. The maximum Gasteiger partial charge on any atom is 0.417 e. The highest BCUT2D eigenvalue weighted by Crippen LogP contribution is 2.36. The Morgan fingerprint density at radius 3 is 2.05 bits per heavy atom. The lowest BCUT2D eigenvalue weighted by Gasteiger charge is -2.35. The van der Waals surface area contributed by atoms with E-state index in [-0.39, 0.29) is 49.6 Å². The smallest absolute Gasteiger partial charge is 0.417 e. The molecule has 3 aliphatic heterocycles. The van der Waals surface area contributed by atoms with Crippen LogP contribution < -0.4 is 31.7 Å². The number of aromatic amines is 1. The number of aryl methyl sites for hydroxylation is 1. The molecule has 3 saturated heterocycles. The summed E-state index contributed by atoms with van der Waals surface area (Å²) in [6.45, 7) is 19.7. The number of anilines is 2. The maximum atomic E-state index is 14.5. The summed E-state index contributed by atoms with van der Waals surface area (Å²) >= 11 is 1.57. The van der Waals surface area contributed by atoms with Gasteiger partial charge in [0.15, 0.2) is 0 Å². The summed E-state index contributed by atoms with van der Waals surface area (Å²) in [5.74, 6) is -2.72. The van der Waals surface area contributed by atoms with Gasteiger partial charge < -0.3 is 45.7 Å². The predicted molar refractivity (Wildman–Crippen MR) is 348 cm³/mol. The van der Waals surface area contributed by atoms with Crippen LogP contribution in [0.25, 0.3) is 21.6 Å². The number of carbonyl (C=O) groups is 6. The highest BCUT2D eigenvalue weighted by Gasteiger charge is 2.46. The number of benzene rings is 3. The Morgan fingerprint density at radius 1 is 0.758 bits per heavy atom. The van der Waals surface area contributed by atoms with E-state index in [0.717, 1.165) is 129 Å². The fourth-order valence-corrected chi connectivity index (χ4v) is 12.6. The molecule has 19 nitrogen and oxygen atoms in total. The summed E-state index contributed by atoms with van der Waals surface area (Å²) in [7, 11) is 2.02. The molecule has 2 aromatic heterocycles. The molecule has 492 valence electrons. The third kappa shape index (κ3) is 20.0. The summed E-state index contributed by atoms with van der Waals surface area (Å²) in [6.07, 6.45) is 2.21. The van der Waals surface area contributed by atoms with Crippen LogP contribution in [0.1, 0.15) is 132 Å². The van der Waals surface area contributed by atoms with Gasteiger partial charge in [-0.05, 0) is 78.2 Å². The molecular formula is C68H90F3N11O8S. The van der Waals surface area contributed by atoms with Crippen molar-refractivity contribution < 1.29 is 46.7 Å². The largest absolute Gasteiger partial charge is 0.460 e. The van der Waals surface area contributed by atoms with Gasteiger partial charge >= 0.3 is 12.1 Å². The van der Waals surface area contributed by atoms with Crippen molar-refractivity contribution in [3.63, 3.8) is 0 Å². The third-order valence-electron chi connectivity index (χ3n) is 17.2. The van der Waals surface area contributed by atoms with E-state index in [1.165, 1.54) is 4.90 Å². The summed E-state index contributed by atoms with van der Waals surface area (Å²) in [6, 6.07) is 20.2. The fourth-order valence-electron chi connectivity index (χ4n) is 11.8. The minimum atomic E-state index is -4.91. The number of ether oxygens (including phenoxy) is 1. The molecule has 91 heavy (non-hydrogen) atoms. The number of nitrogens with one attached hydrogen (secondary N) is 5. The number of pyridine rings is 1. The molecule has 5 aromatic rings. The van der Waals surface area contributed by atoms with Crippen molar-refractivity contribution in [3.8, 4) is 21.6 Å². The number of hydrogen-bond donors (Lipinski definition) is 5. The number of nitrogens with zero attached hydrogens (tertiary/aromatic N) is 6. The highest BCUT2D eigenvalue weighted by molar-refractivity contribution is 7.13. The zero-order chi connectivity index (χ0) is 65.4. The topological polar surface area (TPSA) is 222 Å². The van der Waals surface area contributed by atoms with Crippen molar-refractivity contribution in [2.24, 2.45) is 11.3 Å². The Bertz CT molecular complexity index is 3350. The van der Waals surface area contributed by atoms with Crippen LogP contribution >= 0.6 is 11.3 Å². The Morgan fingerprint density at radius 2 is 1.41 bits per heavy atom. The SMILES string of the molecule is Cc1ncsc1-c1ccc(CNC(=O)[C@@H]2C[C@@H](OC(=O)C(C)C)CN2C(=O)[C@@H](NC(=O)CCCCCCCCCC(=O)NCCN2CCN(Cc3cccc(-c4ccc(N5CCN(C)CC5)c(NC(=O)c5c[nH]c(=O)cc5C(F)(F)F)c4)c3)CC2)C(C)(C)C)cc1. The molecule has 0 unspecified atom stereocenters. The van der Waals surface area contributed by atoms with Crippen LogP contribution in [0.15, 0.2) is 89.3 Å². The summed E-state index contributed by atoms with van der Waals surface area (Å²) < 4.78 is 47.7. The van der Waals surface area contributed by atoms with Crippen molar-refractivity contribution in [3.05, 3.63) is 123 Å². The minimum absolute atomic E-state index is 0.0385. The van der Waals surface area contributed by atoms with E-state index < -0.39 is 64.2 Å². The number of H-pyrrole nitrogens is 1. The highest BCUT2D eigenvalue weighted by atomic mass is 32.1.